The molecule has 0 N–H and O–H groups in total. The SMILES string of the molecule is CCCCCCC(C)N(C)C(C)=O. The van der Waals surface area contributed by atoms with Crippen molar-refractivity contribution < 1.29 is 4.79 Å². The summed E-state index contributed by atoms with van der Waals surface area (Å²) in [6.07, 6.45) is 6.27. The molecule has 1 unspecified atom stereocenters. The summed E-state index contributed by atoms with van der Waals surface area (Å²) >= 11 is 0. The molecular weight excluding hydrogens is 162 g/mol. The first kappa shape index (κ1) is 12.5. The number of unbranched alkanes of at least 4 members (excludes halogenated alkanes) is 3. The molecule has 78 valence electrons. The Bertz CT molecular complexity index is 145. The zero-order valence-electron chi connectivity index (χ0n) is 9.47. The third kappa shape index (κ3) is 5.67. The fourth-order valence-electron chi connectivity index (χ4n) is 1.37. The minimum absolute atomic E-state index is 0.169. The van der Waals surface area contributed by atoms with Crippen molar-refractivity contribution in [2.45, 2.75) is 58.9 Å². The monoisotopic (exact) mass is 185 g/mol. The highest BCUT2D eigenvalue weighted by atomic mass is 16.2. The van der Waals surface area contributed by atoms with E-state index >= 15 is 0 Å². The maximum absolute atomic E-state index is 11.0. The second kappa shape index (κ2) is 6.93. The maximum atomic E-state index is 11.0. The molecule has 0 aromatic carbocycles. The minimum atomic E-state index is 0.169. The quantitative estimate of drug-likeness (QED) is 0.583. The van der Waals surface area contributed by atoms with E-state index in [0.29, 0.717) is 6.04 Å². The number of hydrogen-bond donors (Lipinski definition) is 0. The zero-order valence-corrected chi connectivity index (χ0v) is 9.47. The Labute approximate surface area is 82.3 Å². The summed E-state index contributed by atoms with van der Waals surface area (Å²) in [6, 6.07) is 0.398. The van der Waals surface area contributed by atoms with Gasteiger partial charge in [-0.15, -0.1) is 0 Å². The summed E-state index contributed by atoms with van der Waals surface area (Å²) in [5.74, 6) is 0.169. The van der Waals surface area contributed by atoms with Crippen molar-refractivity contribution in [3.63, 3.8) is 0 Å². The molecule has 0 saturated carbocycles. The molecule has 0 aliphatic rings. The zero-order chi connectivity index (χ0) is 10.3. The van der Waals surface area contributed by atoms with Gasteiger partial charge in [0.1, 0.15) is 0 Å². The second-order valence-corrected chi connectivity index (χ2v) is 3.83. The minimum Gasteiger partial charge on any atom is -0.343 e. The van der Waals surface area contributed by atoms with Gasteiger partial charge >= 0.3 is 0 Å². The van der Waals surface area contributed by atoms with Crippen LogP contribution in [0.25, 0.3) is 0 Å². The summed E-state index contributed by atoms with van der Waals surface area (Å²) < 4.78 is 0. The van der Waals surface area contributed by atoms with E-state index < -0.39 is 0 Å². The van der Waals surface area contributed by atoms with Crippen molar-refractivity contribution in [3.05, 3.63) is 0 Å². The average Bonchev–Trinajstić information content (AvgIpc) is 2.10. The third-order valence-corrected chi connectivity index (χ3v) is 2.63. The molecule has 2 heteroatoms. The van der Waals surface area contributed by atoms with Crippen LogP contribution in [0.4, 0.5) is 0 Å². The van der Waals surface area contributed by atoms with Gasteiger partial charge in [-0.25, -0.2) is 0 Å². The van der Waals surface area contributed by atoms with E-state index in [2.05, 4.69) is 13.8 Å². The van der Waals surface area contributed by atoms with E-state index in [4.69, 9.17) is 0 Å². The van der Waals surface area contributed by atoms with Crippen LogP contribution in [0.15, 0.2) is 0 Å². The Morgan fingerprint density at radius 3 is 2.38 bits per heavy atom. The van der Waals surface area contributed by atoms with Crippen molar-refractivity contribution >= 4 is 5.91 Å². The summed E-state index contributed by atoms with van der Waals surface area (Å²) in [5.41, 5.74) is 0. The first-order valence-electron chi connectivity index (χ1n) is 5.33. The van der Waals surface area contributed by atoms with Crippen molar-refractivity contribution in [1.29, 1.82) is 0 Å². The van der Waals surface area contributed by atoms with Gasteiger partial charge in [-0.3, -0.25) is 4.79 Å². The van der Waals surface area contributed by atoms with Crippen molar-refractivity contribution in [2.24, 2.45) is 0 Å². The van der Waals surface area contributed by atoms with Crippen LogP contribution in [-0.4, -0.2) is 23.9 Å². The van der Waals surface area contributed by atoms with Crippen LogP contribution in [0.3, 0.4) is 0 Å². The van der Waals surface area contributed by atoms with Crippen LogP contribution in [0, 0.1) is 0 Å². The fourth-order valence-corrected chi connectivity index (χ4v) is 1.37. The Morgan fingerprint density at radius 1 is 1.31 bits per heavy atom. The Hall–Kier alpha value is -0.530. The number of nitrogens with zero attached hydrogens (tertiary/aromatic N) is 1. The molecule has 0 aliphatic carbocycles. The standard InChI is InChI=1S/C11H23NO/c1-5-6-7-8-9-10(2)12(4)11(3)13/h10H,5-9H2,1-4H3. The van der Waals surface area contributed by atoms with Crippen LogP contribution in [0.1, 0.15) is 52.9 Å². The highest BCUT2D eigenvalue weighted by molar-refractivity contribution is 5.73. The van der Waals surface area contributed by atoms with E-state index in [1.165, 1.54) is 25.7 Å². The Morgan fingerprint density at radius 2 is 1.92 bits per heavy atom. The van der Waals surface area contributed by atoms with Gasteiger partial charge in [-0.2, -0.15) is 0 Å². The third-order valence-electron chi connectivity index (χ3n) is 2.63. The van der Waals surface area contributed by atoms with Gasteiger partial charge in [0, 0.05) is 20.0 Å². The van der Waals surface area contributed by atoms with Gasteiger partial charge in [-0.05, 0) is 13.3 Å². The largest absolute Gasteiger partial charge is 0.343 e. The van der Waals surface area contributed by atoms with E-state index in [1.54, 1.807) is 6.92 Å². The summed E-state index contributed by atoms with van der Waals surface area (Å²) in [5, 5.41) is 0. The molecule has 0 aliphatic heterocycles. The van der Waals surface area contributed by atoms with Gasteiger partial charge in [0.25, 0.3) is 0 Å². The molecule has 0 aromatic rings. The molecule has 0 bridgehead atoms. The number of amides is 1. The van der Waals surface area contributed by atoms with Crippen LogP contribution in [0.5, 0.6) is 0 Å². The molecule has 0 spiro atoms. The topological polar surface area (TPSA) is 20.3 Å². The molecule has 0 heterocycles. The lowest BCUT2D eigenvalue weighted by Gasteiger charge is -2.23. The number of hydrogen-bond acceptors (Lipinski definition) is 1. The average molecular weight is 185 g/mol. The molecule has 0 saturated heterocycles. The molecule has 2 nitrogen and oxygen atoms in total. The van der Waals surface area contributed by atoms with Crippen molar-refractivity contribution in [1.82, 2.24) is 4.90 Å². The predicted octanol–water partition coefficient (Wildman–Crippen LogP) is 2.82. The number of rotatable bonds is 6. The lowest BCUT2D eigenvalue weighted by molar-refractivity contribution is -0.129. The summed E-state index contributed by atoms with van der Waals surface area (Å²) in [6.45, 7) is 5.96. The van der Waals surface area contributed by atoms with Gasteiger partial charge in [0.05, 0.1) is 0 Å². The van der Waals surface area contributed by atoms with E-state index in [9.17, 15) is 4.79 Å². The number of carbonyl (C=O) groups excluding carboxylic acids is 1. The molecule has 1 amide bonds. The smallest absolute Gasteiger partial charge is 0.219 e. The number of carbonyl (C=O) groups is 1. The van der Waals surface area contributed by atoms with Crippen LogP contribution < -0.4 is 0 Å². The van der Waals surface area contributed by atoms with Gasteiger partial charge in [0.2, 0.25) is 5.91 Å². The van der Waals surface area contributed by atoms with Gasteiger partial charge in [-0.1, -0.05) is 32.6 Å². The highest BCUT2D eigenvalue weighted by Crippen LogP contribution is 2.09. The normalized spacial score (nSPS) is 12.6. The van der Waals surface area contributed by atoms with Crippen molar-refractivity contribution in [2.75, 3.05) is 7.05 Å². The van der Waals surface area contributed by atoms with Crippen LogP contribution >= 0.6 is 0 Å². The molecule has 0 aromatic heterocycles. The van der Waals surface area contributed by atoms with E-state index in [0.717, 1.165) is 6.42 Å². The molecule has 0 fully saturated rings. The molecular formula is C11H23NO. The van der Waals surface area contributed by atoms with Crippen LogP contribution in [0.2, 0.25) is 0 Å². The molecule has 13 heavy (non-hydrogen) atoms. The lowest BCUT2D eigenvalue weighted by Crippen LogP contribution is -2.33. The fraction of sp³-hybridized carbons (Fsp3) is 0.909. The summed E-state index contributed by atoms with van der Waals surface area (Å²) in [4.78, 5) is 12.8. The van der Waals surface area contributed by atoms with Crippen molar-refractivity contribution in [3.8, 4) is 0 Å². The predicted molar refractivity (Wildman–Crippen MR) is 56.7 cm³/mol. The van der Waals surface area contributed by atoms with Gasteiger partial charge < -0.3 is 4.90 Å². The molecule has 1 atom stereocenters. The first-order chi connectivity index (χ1) is 6.09. The Kier molecular flexibility index (Phi) is 6.65. The van der Waals surface area contributed by atoms with E-state index in [1.807, 2.05) is 11.9 Å². The second-order valence-electron chi connectivity index (χ2n) is 3.83. The molecule has 0 rings (SSSR count). The first-order valence-corrected chi connectivity index (χ1v) is 5.33. The highest BCUT2D eigenvalue weighted by Gasteiger charge is 2.10. The van der Waals surface area contributed by atoms with Crippen LogP contribution in [-0.2, 0) is 4.79 Å². The Balaban J connectivity index is 3.50. The molecule has 0 radical (unpaired) electrons. The van der Waals surface area contributed by atoms with E-state index in [-0.39, 0.29) is 5.91 Å². The van der Waals surface area contributed by atoms with Gasteiger partial charge in [0.15, 0.2) is 0 Å². The maximum Gasteiger partial charge on any atom is 0.219 e. The summed E-state index contributed by atoms with van der Waals surface area (Å²) in [7, 11) is 1.88. The lowest BCUT2D eigenvalue weighted by atomic mass is 10.1.